The lowest BCUT2D eigenvalue weighted by Gasteiger charge is -2.41. The zero-order valence-electron chi connectivity index (χ0n) is 14.0. The maximum absolute atomic E-state index is 5.76. The molecule has 1 N–H and O–H groups in total. The van der Waals surface area contributed by atoms with E-state index in [9.17, 15) is 0 Å². The Morgan fingerprint density at radius 3 is 2.71 bits per heavy atom. The molecule has 1 saturated heterocycles. The van der Waals surface area contributed by atoms with Crippen LogP contribution < -0.4 is 5.32 Å². The van der Waals surface area contributed by atoms with Crippen LogP contribution >= 0.6 is 0 Å². The minimum absolute atomic E-state index is 0.388. The van der Waals surface area contributed by atoms with E-state index in [4.69, 9.17) is 9.47 Å². The molecule has 1 aliphatic carbocycles. The third-order valence-corrected chi connectivity index (χ3v) is 5.16. The zero-order valence-corrected chi connectivity index (χ0v) is 14.0. The van der Waals surface area contributed by atoms with E-state index < -0.39 is 0 Å². The summed E-state index contributed by atoms with van der Waals surface area (Å²) in [5, 5.41) is 3.88. The molecule has 1 atom stereocenters. The van der Waals surface area contributed by atoms with Gasteiger partial charge < -0.3 is 14.8 Å². The predicted octanol–water partition coefficient (Wildman–Crippen LogP) is 2.43. The second kappa shape index (κ2) is 9.09. The van der Waals surface area contributed by atoms with Crippen LogP contribution in [0.2, 0.25) is 0 Å². The van der Waals surface area contributed by atoms with Crippen LogP contribution in [0.25, 0.3) is 0 Å². The molecule has 4 heteroatoms. The molecule has 2 rings (SSSR count). The van der Waals surface area contributed by atoms with Crippen molar-refractivity contribution in [3.8, 4) is 0 Å². The molecule has 1 saturated carbocycles. The lowest BCUT2D eigenvalue weighted by molar-refractivity contribution is 0.0630. The highest BCUT2D eigenvalue weighted by atomic mass is 16.5. The third kappa shape index (κ3) is 5.51. The van der Waals surface area contributed by atoms with Crippen molar-refractivity contribution < 1.29 is 9.47 Å². The molecule has 1 spiro atoms. The Hall–Kier alpha value is -0.160. The Bertz CT molecular complexity index is 280. The second-order valence-corrected chi connectivity index (χ2v) is 6.83. The lowest BCUT2D eigenvalue weighted by Crippen LogP contribution is -2.53. The summed E-state index contributed by atoms with van der Waals surface area (Å²) in [6.07, 6.45) is 9.16. The number of nitrogens with zero attached hydrogens (tertiary/aromatic N) is 1. The highest BCUT2D eigenvalue weighted by Gasteiger charge is 2.36. The number of hydrogen-bond donors (Lipinski definition) is 1. The van der Waals surface area contributed by atoms with Gasteiger partial charge in [-0.1, -0.05) is 19.3 Å². The van der Waals surface area contributed by atoms with Crippen molar-refractivity contribution in [1.82, 2.24) is 10.2 Å². The van der Waals surface area contributed by atoms with E-state index in [1.54, 1.807) is 7.11 Å². The van der Waals surface area contributed by atoms with Gasteiger partial charge in [-0.2, -0.15) is 0 Å². The van der Waals surface area contributed by atoms with Crippen molar-refractivity contribution in [3.63, 3.8) is 0 Å². The first kappa shape index (κ1) is 17.2. The van der Waals surface area contributed by atoms with Crippen molar-refractivity contribution in [3.05, 3.63) is 0 Å². The Labute approximate surface area is 130 Å². The van der Waals surface area contributed by atoms with Gasteiger partial charge >= 0.3 is 0 Å². The van der Waals surface area contributed by atoms with Crippen LogP contribution in [0.5, 0.6) is 0 Å². The van der Waals surface area contributed by atoms with Gasteiger partial charge in [-0.25, -0.2) is 0 Å². The molecule has 21 heavy (non-hydrogen) atoms. The van der Waals surface area contributed by atoms with Gasteiger partial charge in [0.1, 0.15) is 0 Å². The Balaban J connectivity index is 1.75. The monoisotopic (exact) mass is 298 g/mol. The summed E-state index contributed by atoms with van der Waals surface area (Å²) in [7, 11) is 1.75. The quantitative estimate of drug-likeness (QED) is 0.732. The van der Waals surface area contributed by atoms with Crippen LogP contribution in [0.3, 0.4) is 0 Å². The van der Waals surface area contributed by atoms with Crippen LogP contribution in [-0.2, 0) is 9.47 Å². The molecule has 2 fully saturated rings. The van der Waals surface area contributed by atoms with Crippen molar-refractivity contribution in [2.45, 2.75) is 63.5 Å². The topological polar surface area (TPSA) is 33.7 Å². The molecule has 1 unspecified atom stereocenters. The number of rotatable bonds is 7. The number of ether oxygens (including phenoxy) is 2. The molecular formula is C17H34N2O2. The Kier molecular flexibility index (Phi) is 7.44. The minimum Gasteiger partial charge on any atom is -0.385 e. The van der Waals surface area contributed by atoms with Crippen molar-refractivity contribution in [2.24, 2.45) is 0 Å². The molecule has 4 nitrogen and oxygen atoms in total. The Morgan fingerprint density at radius 2 is 1.95 bits per heavy atom. The minimum atomic E-state index is 0.388. The fourth-order valence-electron chi connectivity index (χ4n) is 3.78. The summed E-state index contributed by atoms with van der Waals surface area (Å²) in [5.74, 6) is 0. The van der Waals surface area contributed by atoms with E-state index in [-0.39, 0.29) is 0 Å². The predicted molar refractivity (Wildman–Crippen MR) is 86.8 cm³/mol. The van der Waals surface area contributed by atoms with E-state index in [0.29, 0.717) is 11.6 Å². The molecular weight excluding hydrogens is 264 g/mol. The summed E-state index contributed by atoms with van der Waals surface area (Å²) in [6.45, 7) is 8.28. The fourth-order valence-corrected chi connectivity index (χ4v) is 3.78. The average molecular weight is 298 g/mol. The Morgan fingerprint density at radius 1 is 1.14 bits per heavy atom. The van der Waals surface area contributed by atoms with E-state index in [2.05, 4.69) is 17.1 Å². The molecule has 0 amide bonds. The van der Waals surface area contributed by atoms with E-state index in [1.807, 2.05) is 0 Å². The third-order valence-electron chi connectivity index (χ3n) is 5.16. The molecule has 1 aliphatic heterocycles. The highest BCUT2D eigenvalue weighted by Crippen LogP contribution is 2.31. The van der Waals surface area contributed by atoms with E-state index >= 15 is 0 Å². The maximum atomic E-state index is 5.76. The number of nitrogens with one attached hydrogen (secondary N) is 1. The maximum Gasteiger partial charge on any atom is 0.0593 e. The van der Waals surface area contributed by atoms with Crippen LogP contribution in [-0.4, -0.2) is 63.0 Å². The molecule has 1 heterocycles. The lowest BCUT2D eigenvalue weighted by atomic mass is 9.81. The van der Waals surface area contributed by atoms with Crippen LogP contribution in [0.1, 0.15) is 51.9 Å². The summed E-state index contributed by atoms with van der Waals surface area (Å²) < 4.78 is 10.8. The smallest absolute Gasteiger partial charge is 0.0593 e. The summed E-state index contributed by atoms with van der Waals surface area (Å²) in [4.78, 5) is 2.65. The standard InChI is InChI=1S/C17H34N2O2/c1-16-7-10-18-17(8-4-3-5-9-17)15-19(16)11-14-21-13-6-12-20-2/h16,18H,3-15H2,1-2H3. The molecule has 0 bridgehead atoms. The summed E-state index contributed by atoms with van der Waals surface area (Å²) in [6, 6.07) is 0.668. The molecule has 2 aliphatic rings. The molecule has 0 aromatic heterocycles. The number of methoxy groups -OCH3 is 1. The largest absolute Gasteiger partial charge is 0.385 e. The van der Waals surface area contributed by atoms with Gasteiger partial charge in [0.25, 0.3) is 0 Å². The van der Waals surface area contributed by atoms with Gasteiger partial charge in [-0.05, 0) is 39.2 Å². The van der Waals surface area contributed by atoms with Gasteiger partial charge in [0.2, 0.25) is 0 Å². The first-order valence-corrected chi connectivity index (χ1v) is 8.81. The molecule has 0 radical (unpaired) electrons. The van der Waals surface area contributed by atoms with Gasteiger partial charge in [0, 0.05) is 45.0 Å². The van der Waals surface area contributed by atoms with E-state index in [1.165, 1.54) is 51.6 Å². The number of hydrogen-bond acceptors (Lipinski definition) is 4. The van der Waals surface area contributed by atoms with Gasteiger partial charge in [-0.3, -0.25) is 4.90 Å². The van der Waals surface area contributed by atoms with Crippen LogP contribution in [0.4, 0.5) is 0 Å². The SMILES string of the molecule is COCCCOCCN1CC2(CCCCC2)NCCC1C. The van der Waals surface area contributed by atoms with E-state index in [0.717, 1.165) is 32.8 Å². The first-order chi connectivity index (χ1) is 10.3. The highest BCUT2D eigenvalue weighted by molar-refractivity contribution is 4.96. The van der Waals surface area contributed by atoms with Crippen LogP contribution in [0.15, 0.2) is 0 Å². The first-order valence-electron chi connectivity index (χ1n) is 8.81. The molecule has 0 aromatic carbocycles. The van der Waals surface area contributed by atoms with Gasteiger partial charge in [0.05, 0.1) is 6.61 Å². The van der Waals surface area contributed by atoms with Crippen LogP contribution in [0, 0.1) is 0 Å². The summed E-state index contributed by atoms with van der Waals surface area (Å²) in [5.41, 5.74) is 0.388. The van der Waals surface area contributed by atoms with Crippen molar-refractivity contribution in [2.75, 3.05) is 46.6 Å². The van der Waals surface area contributed by atoms with Gasteiger partial charge in [0.15, 0.2) is 0 Å². The summed E-state index contributed by atoms with van der Waals surface area (Å²) >= 11 is 0. The van der Waals surface area contributed by atoms with Gasteiger partial charge in [-0.15, -0.1) is 0 Å². The van der Waals surface area contributed by atoms with Crippen molar-refractivity contribution >= 4 is 0 Å². The van der Waals surface area contributed by atoms with Crippen molar-refractivity contribution in [1.29, 1.82) is 0 Å². The second-order valence-electron chi connectivity index (χ2n) is 6.83. The normalized spacial score (nSPS) is 26.9. The average Bonchev–Trinajstić information content (AvgIpc) is 2.64. The zero-order chi connectivity index (χ0) is 15.0. The molecule has 0 aromatic rings. The molecule has 124 valence electrons. The fraction of sp³-hybridized carbons (Fsp3) is 1.00.